The lowest BCUT2D eigenvalue weighted by Gasteiger charge is -2.34. The molecule has 0 aromatic carbocycles. The van der Waals surface area contributed by atoms with E-state index in [1.165, 1.54) is 0 Å². The van der Waals surface area contributed by atoms with Crippen molar-refractivity contribution < 1.29 is 38.7 Å². The quantitative estimate of drug-likeness (QED) is 0.302. The summed E-state index contributed by atoms with van der Waals surface area (Å²) in [6, 6.07) is 0. The topological polar surface area (TPSA) is 152 Å². The molecule has 0 amide bonds. The predicted molar refractivity (Wildman–Crippen MR) is 51.0 cm³/mol. The fourth-order valence-corrected chi connectivity index (χ4v) is 2.18. The molecule has 0 heterocycles. The van der Waals surface area contributed by atoms with Crippen LogP contribution in [0.3, 0.4) is 0 Å². The van der Waals surface area contributed by atoms with E-state index in [0.29, 0.717) is 6.26 Å². The van der Waals surface area contributed by atoms with E-state index in [-0.39, 0.29) is 6.29 Å². The fourth-order valence-electron chi connectivity index (χ4n) is 1.09. The van der Waals surface area contributed by atoms with Crippen LogP contribution in [0, 0.1) is 0 Å². The normalized spacial score (nSPS) is 21.9. The largest absolute Gasteiger partial charge is 0.394 e. The Hall–Kier alpha value is -0.580. The van der Waals surface area contributed by atoms with E-state index in [1.807, 2.05) is 0 Å². The fraction of sp³-hybridized carbons (Fsp3) is 0.857. The molecule has 96 valence electrons. The first-order valence-corrected chi connectivity index (χ1v) is 6.04. The second kappa shape index (κ2) is 5.17. The number of sulfone groups is 1. The van der Waals surface area contributed by atoms with Crippen molar-refractivity contribution in [1.82, 2.24) is 0 Å². The van der Waals surface area contributed by atoms with Gasteiger partial charge in [0.15, 0.2) is 22.2 Å². The SMILES string of the molecule is CS(=O)(=O)C(O)(C(O)C=O)C(O)C(O)CO. The summed E-state index contributed by atoms with van der Waals surface area (Å²) in [5.41, 5.74) is 0. The zero-order chi connectivity index (χ0) is 13.1. The van der Waals surface area contributed by atoms with Crippen molar-refractivity contribution in [2.75, 3.05) is 12.9 Å². The van der Waals surface area contributed by atoms with Gasteiger partial charge in [-0.3, -0.25) is 0 Å². The molecule has 0 radical (unpaired) electrons. The molecule has 0 aromatic heterocycles. The first-order chi connectivity index (χ1) is 7.12. The Labute approximate surface area is 91.7 Å². The van der Waals surface area contributed by atoms with Crippen LogP contribution in [0.1, 0.15) is 0 Å². The number of rotatable bonds is 6. The molecule has 0 fully saturated rings. The number of aldehydes is 1. The average molecular weight is 258 g/mol. The van der Waals surface area contributed by atoms with E-state index in [1.54, 1.807) is 0 Å². The van der Waals surface area contributed by atoms with E-state index in [9.17, 15) is 23.4 Å². The Balaban J connectivity index is 5.51. The first-order valence-electron chi connectivity index (χ1n) is 4.15. The maximum atomic E-state index is 11.2. The van der Waals surface area contributed by atoms with Crippen LogP contribution in [0.4, 0.5) is 0 Å². The van der Waals surface area contributed by atoms with Gasteiger partial charge in [-0.05, 0) is 0 Å². The molecule has 0 saturated heterocycles. The van der Waals surface area contributed by atoms with Crippen LogP contribution in [0.5, 0.6) is 0 Å². The molecule has 8 nitrogen and oxygen atoms in total. The molecule has 16 heavy (non-hydrogen) atoms. The van der Waals surface area contributed by atoms with Gasteiger partial charge in [-0.25, -0.2) is 8.42 Å². The zero-order valence-corrected chi connectivity index (χ0v) is 9.20. The lowest BCUT2D eigenvalue weighted by Crippen LogP contribution is -2.62. The lowest BCUT2D eigenvalue weighted by molar-refractivity contribution is -0.148. The minimum absolute atomic E-state index is 0.297. The van der Waals surface area contributed by atoms with Crippen LogP contribution in [-0.4, -0.2) is 76.3 Å². The Bertz CT molecular complexity index is 338. The van der Waals surface area contributed by atoms with Crippen molar-refractivity contribution in [1.29, 1.82) is 0 Å². The lowest BCUT2D eigenvalue weighted by atomic mass is 10.0. The van der Waals surface area contributed by atoms with Gasteiger partial charge in [0.1, 0.15) is 12.2 Å². The van der Waals surface area contributed by atoms with E-state index in [4.69, 9.17) is 15.3 Å². The van der Waals surface area contributed by atoms with Crippen LogP contribution in [0.25, 0.3) is 0 Å². The highest BCUT2D eigenvalue weighted by molar-refractivity contribution is 7.92. The van der Waals surface area contributed by atoms with E-state index in [2.05, 4.69) is 0 Å². The van der Waals surface area contributed by atoms with Gasteiger partial charge in [-0.15, -0.1) is 0 Å². The second-order valence-corrected chi connectivity index (χ2v) is 5.50. The maximum Gasteiger partial charge on any atom is 0.227 e. The van der Waals surface area contributed by atoms with Crippen molar-refractivity contribution in [2.45, 2.75) is 23.2 Å². The summed E-state index contributed by atoms with van der Waals surface area (Å²) in [5, 5.41) is 45.5. The van der Waals surface area contributed by atoms with Crippen molar-refractivity contribution in [2.24, 2.45) is 0 Å². The van der Waals surface area contributed by atoms with Crippen LogP contribution in [-0.2, 0) is 14.6 Å². The van der Waals surface area contributed by atoms with Crippen molar-refractivity contribution in [3.8, 4) is 0 Å². The summed E-state index contributed by atoms with van der Waals surface area (Å²) in [6.45, 7) is -1.05. The van der Waals surface area contributed by atoms with Gasteiger partial charge >= 0.3 is 0 Å². The third-order valence-electron chi connectivity index (χ3n) is 2.12. The van der Waals surface area contributed by atoms with Crippen LogP contribution < -0.4 is 0 Å². The molecular formula is C7H14O8S. The summed E-state index contributed by atoms with van der Waals surface area (Å²) in [4.78, 5) is 7.02. The molecule has 9 heteroatoms. The Morgan fingerprint density at radius 3 is 2.00 bits per heavy atom. The standard InChI is InChI=1S/C7H14O8S/c1-16(14,15)7(13,5(11)3-9)6(12)4(10)2-8/h3-6,8,10-13H,2H2,1H3. The molecule has 0 aliphatic rings. The Morgan fingerprint density at radius 2 is 1.75 bits per heavy atom. The smallest absolute Gasteiger partial charge is 0.227 e. The summed E-state index contributed by atoms with van der Waals surface area (Å²) in [5.74, 6) is 0. The molecule has 0 saturated carbocycles. The van der Waals surface area contributed by atoms with Gasteiger partial charge in [0.2, 0.25) is 4.93 Å². The Kier molecular flexibility index (Phi) is 4.98. The molecule has 0 spiro atoms. The minimum Gasteiger partial charge on any atom is -0.394 e. The number of carbonyl (C=O) groups is 1. The summed E-state index contributed by atoms with van der Waals surface area (Å²) < 4.78 is 22.4. The molecular weight excluding hydrogens is 244 g/mol. The summed E-state index contributed by atoms with van der Waals surface area (Å²) in [6.07, 6.45) is -6.72. The molecule has 4 atom stereocenters. The van der Waals surface area contributed by atoms with Gasteiger partial charge in [0, 0.05) is 6.26 Å². The molecule has 0 rings (SSSR count). The van der Waals surface area contributed by atoms with Crippen molar-refractivity contribution in [3.63, 3.8) is 0 Å². The minimum atomic E-state index is -4.48. The van der Waals surface area contributed by atoms with Gasteiger partial charge in [-0.1, -0.05) is 0 Å². The van der Waals surface area contributed by atoms with E-state index >= 15 is 0 Å². The molecule has 0 aliphatic heterocycles. The monoisotopic (exact) mass is 258 g/mol. The number of carbonyl (C=O) groups excluding carboxylic acids is 1. The number of hydrogen-bond donors (Lipinski definition) is 5. The first kappa shape index (κ1) is 15.4. The van der Waals surface area contributed by atoms with Crippen LogP contribution in [0.2, 0.25) is 0 Å². The molecule has 0 bridgehead atoms. The number of aliphatic hydroxyl groups excluding tert-OH is 4. The van der Waals surface area contributed by atoms with Crippen molar-refractivity contribution >= 4 is 16.1 Å². The third kappa shape index (κ3) is 2.56. The predicted octanol–water partition coefficient (Wildman–Crippen LogP) is -4.01. The third-order valence-corrected chi connectivity index (χ3v) is 3.79. The molecule has 4 unspecified atom stereocenters. The number of aliphatic hydroxyl groups is 5. The molecule has 5 N–H and O–H groups in total. The summed E-state index contributed by atoms with van der Waals surface area (Å²) in [7, 11) is -4.48. The highest BCUT2D eigenvalue weighted by atomic mass is 32.2. The van der Waals surface area contributed by atoms with E-state index < -0.39 is 39.7 Å². The average Bonchev–Trinajstić information content (AvgIpc) is 2.22. The van der Waals surface area contributed by atoms with Crippen LogP contribution in [0.15, 0.2) is 0 Å². The second-order valence-electron chi connectivity index (χ2n) is 3.30. The highest BCUT2D eigenvalue weighted by Crippen LogP contribution is 2.24. The highest BCUT2D eigenvalue weighted by Gasteiger charge is 2.54. The van der Waals surface area contributed by atoms with Gasteiger partial charge < -0.3 is 30.3 Å². The molecule has 0 aliphatic carbocycles. The Morgan fingerprint density at radius 1 is 1.31 bits per heavy atom. The van der Waals surface area contributed by atoms with E-state index in [0.717, 1.165) is 0 Å². The van der Waals surface area contributed by atoms with Gasteiger partial charge in [0.05, 0.1) is 6.61 Å². The molecule has 0 aromatic rings. The summed E-state index contributed by atoms with van der Waals surface area (Å²) >= 11 is 0. The van der Waals surface area contributed by atoms with Gasteiger partial charge in [-0.2, -0.15) is 0 Å². The zero-order valence-electron chi connectivity index (χ0n) is 8.39. The van der Waals surface area contributed by atoms with Crippen molar-refractivity contribution in [3.05, 3.63) is 0 Å². The van der Waals surface area contributed by atoms with Crippen LogP contribution >= 0.6 is 0 Å². The maximum absolute atomic E-state index is 11.2. The van der Waals surface area contributed by atoms with Gasteiger partial charge in [0.25, 0.3) is 0 Å². The number of hydrogen-bond acceptors (Lipinski definition) is 8.